The number of thioether (sulfide) groups is 1. The fourth-order valence-electron chi connectivity index (χ4n) is 3.64. The van der Waals surface area contributed by atoms with Crippen molar-refractivity contribution >= 4 is 29.5 Å². The second-order valence-corrected chi connectivity index (χ2v) is 9.53. The third-order valence-corrected chi connectivity index (χ3v) is 7.30. The monoisotopic (exact) mass is 439 g/mol. The molecule has 0 spiro atoms. The smallest absolute Gasteiger partial charge is 0.168 e. The number of aromatic nitrogens is 1. The van der Waals surface area contributed by atoms with Crippen LogP contribution in [0.15, 0.2) is 59.6 Å². The van der Waals surface area contributed by atoms with Crippen molar-refractivity contribution in [3.63, 3.8) is 0 Å². The molecule has 0 aliphatic carbocycles. The number of hydrogen-bond acceptors (Lipinski definition) is 6. The minimum absolute atomic E-state index is 0.257. The van der Waals surface area contributed by atoms with Crippen LogP contribution >= 0.6 is 23.7 Å². The van der Waals surface area contributed by atoms with Gasteiger partial charge in [-0.15, -0.1) is 0 Å². The third-order valence-electron chi connectivity index (χ3n) is 5.18. The second kappa shape index (κ2) is 8.88. The molecule has 1 saturated heterocycles. The fourth-order valence-corrected chi connectivity index (χ4v) is 5.84. The van der Waals surface area contributed by atoms with Crippen LogP contribution < -0.4 is 10.1 Å². The molecule has 154 valence electrons. The predicted molar refractivity (Wildman–Crippen MR) is 124 cm³/mol. The van der Waals surface area contributed by atoms with E-state index in [4.69, 9.17) is 4.74 Å². The van der Waals surface area contributed by atoms with E-state index in [2.05, 4.69) is 26.7 Å². The third kappa shape index (κ3) is 4.15. The molecule has 4 nitrogen and oxygen atoms in total. The van der Waals surface area contributed by atoms with Gasteiger partial charge < -0.3 is 10.1 Å². The topological polar surface area (TPSA) is 37.4 Å². The molecule has 7 heteroatoms. The number of benzene rings is 2. The van der Waals surface area contributed by atoms with Gasteiger partial charge in [-0.1, -0.05) is 30.3 Å². The summed E-state index contributed by atoms with van der Waals surface area (Å²) in [4.78, 5) is 5.54. The SMILES string of the molecule is Fc1cc(-c2ccccc2SN2CCSCC2)ccc1-c1cnc2c(c1)OCCN2. The first-order valence-electron chi connectivity index (χ1n) is 10.0. The molecule has 1 aromatic heterocycles. The highest BCUT2D eigenvalue weighted by Crippen LogP contribution is 2.37. The zero-order valence-corrected chi connectivity index (χ0v) is 18.1. The van der Waals surface area contributed by atoms with E-state index in [1.54, 1.807) is 24.2 Å². The number of halogens is 1. The summed E-state index contributed by atoms with van der Waals surface area (Å²) in [6.45, 7) is 3.46. The zero-order chi connectivity index (χ0) is 20.3. The Morgan fingerprint density at radius 2 is 1.90 bits per heavy atom. The van der Waals surface area contributed by atoms with Crippen LogP contribution in [0.5, 0.6) is 5.75 Å². The van der Waals surface area contributed by atoms with Gasteiger partial charge in [0.2, 0.25) is 0 Å². The van der Waals surface area contributed by atoms with Crippen molar-refractivity contribution in [3.05, 3.63) is 60.5 Å². The molecule has 0 amide bonds. The average molecular weight is 440 g/mol. The van der Waals surface area contributed by atoms with Crippen molar-refractivity contribution in [2.24, 2.45) is 0 Å². The molecule has 5 rings (SSSR count). The molecule has 2 aliphatic heterocycles. The molecule has 0 unspecified atom stereocenters. The van der Waals surface area contributed by atoms with Gasteiger partial charge in [-0.3, -0.25) is 0 Å². The maximum absolute atomic E-state index is 15.1. The second-order valence-electron chi connectivity index (χ2n) is 7.17. The van der Waals surface area contributed by atoms with Gasteiger partial charge in [0.1, 0.15) is 12.4 Å². The van der Waals surface area contributed by atoms with E-state index in [1.807, 2.05) is 42.1 Å². The highest BCUT2D eigenvalue weighted by molar-refractivity contribution is 8.00. The van der Waals surface area contributed by atoms with E-state index in [9.17, 15) is 0 Å². The molecule has 3 aromatic rings. The van der Waals surface area contributed by atoms with Gasteiger partial charge >= 0.3 is 0 Å². The van der Waals surface area contributed by atoms with E-state index < -0.39 is 0 Å². The number of fused-ring (bicyclic) bond motifs is 1. The largest absolute Gasteiger partial charge is 0.488 e. The normalized spacial score (nSPS) is 16.4. The molecule has 1 fully saturated rings. The summed E-state index contributed by atoms with van der Waals surface area (Å²) in [6, 6.07) is 15.5. The van der Waals surface area contributed by atoms with Gasteiger partial charge in [0.15, 0.2) is 11.6 Å². The summed E-state index contributed by atoms with van der Waals surface area (Å²) in [5, 5.41) is 3.19. The molecule has 30 heavy (non-hydrogen) atoms. The van der Waals surface area contributed by atoms with Crippen molar-refractivity contribution in [2.45, 2.75) is 4.90 Å². The number of nitrogens with zero attached hydrogens (tertiary/aromatic N) is 2. The van der Waals surface area contributed by atoms with Crippen molar-refractivity contribution in [2.75, 3.05) is 43.1 Å². The lowest BCUT2D eigenvalue weighted by molar-refractivity contribution is 0.321. The molecule has 2 aromatic carbocycles. The molecule has 0 atom stereocenters. The lowest BCUT2D eigenvalue weighted by Gasteiger charge is -2.25. The molecule has 0 bridgehead atoms. The van der Waals surface area contributed by atoms with Crippen LogP contribution in [-0.4, -0.2) is 47.0 Å². The van der Waals surface area contributed by atoms with E-state index >= 15 is 4.39 Å². The number of nitrogens with one attached hydrogen (secondary N) is 1. The van der Waals surface area contributed by atoms with Gasteiger partial charge in [-0.25, -0.2) is 13.7 Å². The molecular formula is C23H22FN3OS2. The number of pyridine rings is 1. The van der Waals surface area contributed by atoms with E-state index in [-0.39, 0.29) is 5.82 Å². The fraction of sp³-hybridized carbons (Fsp3) is 0.261. The highest BCUT2D eigenvalue weighted by Gasteiger charge is 2.17. The van der Waals surface area contributed by atoms with Crippen LogP contribution in [0.2, 0.25) is 0 Å². The van der Waals surface area contributed by atoms with E-state index in [1.165, 1.54) is 0 Å². The molecule has 0 saturated carbocycles. The Balaban J connectivity index is 1.44. The van der Waals surface area contributed by atoms with Crippen LogP contribution in [0.1, 0.15) is 0 Å². The minimum Gasteiger partial charge on any atom is -0.488 e. The minimum atomic E-state index is -0.257. The lowest BCUT2D eigenvalue weighted by Crippen LogP contribution is -2.26. The Hall–Kier alpha value is -2.22. The predicted octanol–water partition coefficient (Wildman–Crippen LogP) is 5.41. The highest BCUT2D eigenvalue weighted by atomic mass is 32.2. The first-order chi connectivity index (χ1) is 14.8. The zero-order valence-electron chi connectivity index (χ0n) is 16.4. The van der Waals surface area contributed by atoms with Crippen LogP contribution in [0.25, 0.3) is 22.3 Å². The first kappa shape index (κ1) is 19.7. The Bertz CT molecular complexity index is 1060. The standard InChI is InChI=1S/C23H22FN3OS2/c24-20-13-16(19-3-1-2-4-22(19)30-27-8-11-29-12-9-27)5-6-18(20)17-14-21-23(26-15-17)25-7-10-28-21/h1-6,13-15H,7-12H2,(H,25,26). The number of rotatable bonds is 4. The Morgan fingerprint density at radius 1 is 1.03 bits per heavy atom. The molecule has 2 aliphatic rings. The van der Waals surface area contributed by atoms with Crippen molar-refractivity contribution in [1.82, 2.24) is 9.29 Å². The summed E-state index contributed by atoms with van der Waals surface area (Å²) in [5.74, 6) is 3.44. The summed E-state index contributed by atoms with van der Waals surface area (Å²) in [5.41, 5.74) is 3.19. The molecular weight excluding hydrogens is 417 g/mol. The first-order valence-corrected chi connectivity index (χ1v) is 12.0. The average Bonchev–Trinajstić information content (AvgIpc) is 2.80. The van der Waals surface area contributed by atoms with Crippen LogP contribution in [0.3, 0.4) is 0 Å². The van der Waals surface area contributed by atoms with Crippen molar-refractivity contribution < 1.29 is 9.13 Å². The summed E-state index contributed by atoms with van der Waals surface area (Å²) >= 11 is 3.77. The van der Waals surface area contributed by atoms with E-state index in [0.29, 0.717) is 23.7 Å². The van der Waals surface area contributed by atoms with Gasteiger partial charge in [0.05, 0.1) is 6.54 Å². The molecule has 0 radical (unpaired) electrons. The number of ether oxygens (including phenoxy) is 1. The van der Waals surface area contributed by atoms with Crippen LogP contribution in [0, 0.1) is 5.82 Å². The van der Waals surface area contributed by atoms with E-state index in [0.717, 1.165) is 52.7 Å². The van der Waals surface area contributed by atoms with Gasteiger partial charge in [-0.05, 0) is 41.3 Å². The summed E-state index contributed by atoms with van der Waals surface area (Å²) in [6.07, 6.45) is 1.69. The lowest BCUT2D eigenvalue weighted by atomic mass is 10.0. The van der Waals surface area contributed by atoms with Crippen LogP contribution in [0.4, 0.5) is 10.2 Å². The van der Waals surface area contributed by atoms with Crippen molar-refractivity contribution in [3.8, 4) is 28.0 Å². The molecule has 3 heterocycles. The Kier molecular flexibility index (Phi) is 5.84. The van der Waals surface area contributed by atoms with Crippen LogP contribution in [-0.2, 0) is 0 Å². The summed E-state index contributed by atoms with van der Waals surface area (Å²) < 4.78 is 23.2. The Labute approximate surface area is 184 Å². The number of hydrogen-bond donors (Lipinski definition) is 1. The van der Waals surface area contributed by atoms with Gasteiger partial charge in [0.25, 0.3) is 0 Å². The van der Waals surface area contributed by atoms with Gasteiger partial charge in [-0.2, -0.15) is 11.8 Å². The molecule has 1 N–H and O–H groups in total. The maximum Gasteiger partial charge on any atom is 0.168 e. The quantitative estimate of drug-likeness (QED) is 0.548. The van der Waals surface area contributed by atoms with Crippen molar-refractivity contribution in [1.29, 1.82) is 0 Å². The Morgan fingerprint density at radius 3 is 2.77 bits per heavy atom. The number of anilines is 1. The maximum atomic E-state index is 15.1. The van der Waals surface area contributed by atoms with Gasteiger partial charge in [0, 0.05) is 46.8 Å². The summed E-state index contributed by atoms with van der Waals surface area (Å²) in [7, 11) is 0.